The van der Waals surface area contributed by atoms with Gasteiger partial charge >= 0.3 is 0 Å². The van der Waals surface area contributed by atoms with Crippen molar-refractivity contribution in [2.24, 2.45) is 0 Å². The smallest absolute Gasteiger partial charge is 0.194 e. The van der Waals surface area contributed by atoms with E-state index in [1.807, 2.05) is 51.1 Å². The Bertz CT molecular complexity index is 490. The predicted octanol–water partition coefficient (Wildman–Crippen LogP) is 3.54. The molecule has 1 aliphatic rings. The molecule has 1 aromatic rings. The molecule has 1 aromatic carbocycles. The van der Waals surface area contributed by atoms with Gasteiger partial charge in [-0.05, 0) is 37.5 Å². The quantitative estimate of drug-likeness (QED) is 0.583. The van der Waals surface area contributed by atoms with Crippen LogP contribution in [0.5, 0.6) is 0 Å². The lowest BCUT2D eigenvalue weighted by Crippen LogP contribution is -1.97. The zero-order valence-electron chi connectivity index (χ0n) is 9.29. The third-order valence-corrected chi connectivity index (χ3v) is 2.90. The van der Waals surface area contributed by atoms with Crippen LogP contribution in [0.2, 0.25) is 0 Å². The van der Waals surface area contributed by atoms with E-state index in [0.717, 1.165) is 27.8 Å². The monoisotopic (exact) mass is 198 g/mol. The van der Waals surface area contributed by atoms with Gasteiger partial charge in [-0.3, -0.25) is 4.79 Å². The predicted molar refractivity (Wildman–Crippen MR) is 62.9 cm³/mol. The van der Waals surface area contributed by atoms with E-state index >= 15 is 0 Å². The van der Waals surface area contributed by atoms with Crippen molar-refractivity contribution < 1.29 is 4.79 Å². The van der Waals surface area contributed by atoms with Crippen molar-refractivity contribution in [1.82, 2.24) is 0 Å². The van der Waals surface area contributed by atoms with E-state index < -0.39 is 0 Å². The molecular weight excluding hydrogens is 184 g/mol. The molecule has 0 atom stereocenters. The van der Waals surface area contributed by atoms with Crippen LogP contribution in [0.4, 0.5) is 0 Å². The summed E-state index contributed by atoms with van der Waals surface area (Å²) in [4.78, 5) is 12.1. The second kappa shape index (κ2) is 3.50. The maximum atomic E-state index is 12.1. The maximum absolute atomic E-state index is 12.1. The van der Waals surface area contributed by atoms with Crippen molar-refractivity contribution >= 4 is 11.4 Å². The molecule has 0 saturated carbocycles. The van der Waals surface area contributed by atoms with Gasteiger partial charge in [0.05, 0.1) is 0 Å². The Kier molecular flexibility index (Phi) is 2.31. The zero-order valence-corrected chi connectivity index (χ0v) is 9.29. The Hall–Kier alpha value is -1.63. The van der Waals surface area contributed by atoms with Crippen LogP contribution in [0.3, 0.4) is 0 Å². The van der Waals surface area contributed by atoms with Gasteiger partial charge in [-0.2, -0.15) is 0 Å². The Labute approximate surface area is 90.1 Å². The van der Waals surface area contributed by atoms with Gasteiger partial charge in [0.15, 0.2) is 5.78 Å². The number of ketones is 1. The highest BCUT2D eigenvalue weighted by Gasteiger charge is 2.29. The number of Topliss-reactive ketones (excluding diaryl/α,β-unsaturated/α-hetero) is 1. The van der Waals surface area contributed by atoms with Gasteiger partial charge in [-0.25, -0.2) is 0 Å². The maximum Gasteiger partial charge on any atom is 0.194 e. The third-order valence-electron chi connectivity index (χ3n) is 2.90. The number of carbonyl (C=O) groups excluding carboxylic acids is 1. The molecular formula is C14H14O. The lowest BCUT2D eigenvalue weighted by atomic mass is 10.0. The van der Waals surface area contributed by atoms with Crippen molar-refractivity contribution in [2.75, 3.05) is 0 Å². The zero-order chi connectivity index (χ0) is 11.0. The molecule has 0 radical (unpaired) electrons. The highest BCUT2D eigenvalue weighted by atomic mass is 16.1. The van der Waals surface area contributed by atoms with E-state index in [9.17, 15) is 4.79 Å². The minimum atomic E-state index is 0.165. The van der Waals surface area contributed by atoms with Gasteiger partial charge < -0.3 is 0 Å². The Morgan fingerprint density at radius 1 is 1.07 bits per heavy atom. The van der Waals surface area contributed by atoms with Crippen LogP contribution in [0.25, 0.3) is 5.57 Å². The summed E-state index contributed by atoms with van der Waals surface area (Å²) in [5, 5.41) is 0. The average Bonchev–Trinajstić information content (AvgIpc) is 2.52. The van der Waals surface area contributed by atoms with Crippen LogP contribution in [0.1, 0.15) is 35.3 Å². The van der Waals surface area contributed by atoms with Crippen molar-refractivity contribution in [3.05, 3.63) is 52.6 Å². The number of fused-ring (bicyclic) bond motifs is 1. The average molecular weight is 198 g/mol. The summed E-state index contributed by atoms with van der Waals surface area (Å²) in [7, 11) is 0. The second-order valence-corrected chi connectivity index (χ2v) is 3.73. The minimum Gasteiger partial charge on any atom is -0.289 e. The highest BCUT2D eigenvalue weighted by molar-refractivity contribution is 6.27. The van der Waals surface area contributed by atoms with E-state index in [4.69, 9.17) is 0 Å². The SMILES string of the molecule is C/C=C1\C(=C/C)C(=O)c2c(C)cccc21. The molecule has 0 bridgehead atoms. The normalized spacial score (nSPS) is 20.1. The fraction of sp³-hybridized carbons (Fsp3) is 0.214. The first-order chi connectivity index (χ1) is 7.20. The van der Waals surface area contributed by atoms with E-state index in [1.165, 1.54) is 0 Å². The Morgan fingerprint density at radius 3 is 2.33 bits per heavy atom. The summed E-state index contributed by atoms with van der Waals surface area (Å²) in [6, 6.07) is 6.01. The number of carbonyl (C=O) groups is 1. The van der Waals surface area contributed by atoms with Gasteiger partial charge in [-0.15, -0.1) is 0 Å². The summed E-state index contributed by atoms with van der Waals surface area (Å²) in [6.45, 7) is 5.88. The number of hydrogen-bond donors (Lipinski definition) is 0. The molecule has 0 heterocycles. The standard InChI is InChI=1S/C14H14O/c1-4-10-11(5-2)14(15)13-9(3)7-6-8-12(10)13/h4-8H,1-3H3/b10-4+,11-5+. The molecule has 2 rings (SSSR count). The molecule has 0 aliphatic heterocycles. The van der Waals surface area contributed by atoms with Crippen LogP contribution >= 0.6 is 0 Å². The van der Waals surface area contributed by atoms with Crippen LogP contribution in [0.15, 0.2) is 35.9 Å². The van der Waals surface area contributed by atoms with E-state index in [1.54, 1.807) is 0 Å². The second-order valence-electron chi connectivity index (χ2n) is 3.73. The van der Waals surface area contributed by atoms with Gasteiger partial charge in [0.1, 0.15) is 0 Å². The molecule has 76 valence electrons. The minimum absolute atomic E-state index is 0.165. The fourth-order valence-electron chi connectivity index (χ4n) is 2.19. The molecule has 1 aliphatic carbocycles. The van der Waals surface area contributed by atoms with Crippen molar-refractivity contribution in [3.8, 4) is 0 Å². The van der Waals surface area contributed by atoms with E-state index in [2.05, 4.69) is 0 Å². The molecule has 1 heteroatoms. The summed E-state index contributed by atoms with van der Waals surface area (Å²) >= 11 is 0. The molecule has 1 nitrogen and oxygen atoms in total. The van der Waals surface area contributed by atoms with Crippen LogP contribution < -0.4 is 0 Å². The molecule has 0 saturated heterocycles. The van der Waals surface area contributed by atoms with E-state index in [0.29, 0.717) is 0 Å². The fourth-order valence-corrected chi connectivity index (χ4v) is 2.19. The largest absolute Gasteiger partial charge is 0.289 e. The van der Waals surface area contributed by atoms with Gasteiger partial charge in [0.2, 0.25) is 0 Å². The van der Waals surface area contributed by atoms with Crippen molar-refractivity contribution in [1.29, 1.82) is 0 Å². The first-order valence-electron chi connectivity index (χ1n) is 5.18. The summed E-state index contributed by atoms with van der Waals surface area (Å²) in [6.07, 6.45) is 3.91. The molecule has 0 amide bonds. The molecule has 0 N–H and O–H groups in total. The number of allylic oxidation sites excluding steroid dienone is 4. The van der Waals surface area contributed by atoms with Crippen molar-refractivity contribution in [3.63, 3.8) is 0 Å². The van der Waals surface area contributed by atoms with Crippen LogP contribution in [-0.4, -0.2) is 5.78 Å². The van der Waals surface area contributed by atoms with Gasteiger partial charge in [0.25, 0.3) is 0 Å². The number of rotatable bonds is 0. The third kappa shape index (κ3) is 1.27. The van der Waals surface area contributed by atoms with Crippen LogP contribution in [0, 0.1) is 6.92 Å². The Balaban J connectivity index is 2.79. The molecule has 0 fully saturated rings. The molecule has 0 aromatic heterocycles. The van der Waals surface area contributed by atoms with Gasteiger partial charge in [-0.1, -0.05) is 30.4 Å². The topological polar surface area (TPSA) is 17.1 Å². The number of hydrogen-bond acceptors (Lipinski definition) is 1. The lowest BCUT2D eigenvalue weighted by molar-refractivity contribution is 0.104. The molecule has 0 spiro atoms. The highest BCUT2D eigenvalue weighted by Crippen LogP contribution is 2.37. The number of benzene rings is 1. The van der Waals surface area contributed by atoms with Crippen LogP contribution in [-0.2, 0) is 0 Å². The van der Waals surface area contributed by atoms with E-state index in [-0.39, 0.29) is 5.78 Å². The Morgan fingerprint density at radius 2 is 1.73 bits per heavy atom. The number of aryl methyl sites for hydroxylation is 1. The summed E-state index contributed by atoms with van der Waals surface area (Å²) in [5.41, 5.74) is 4.92. The summed E-state index contributed by atoms with van der Waals surface area (Å²) in [5.74, 6) is 0.165. The first kappa shape index (κ1) is 9.91. The summed E-state index contributed by atoms with van der Waals surface area (Å²) < 4.78 is 0. The molecule has 15 heavy (non-hydrogen) atoms. The van der Waals surface area contributed by atoms with Gasteiger partial charge in [0, 0.05) is 11.1 Å². The van der Waals surface area contributed by atoms with Crippen molar-refractivity contribution in [2.45, 2.75) is 20.8 Å². The first-order valence-corrected chi connectivity index (χ1v) is 5.18. The molecule has 0 unspecified atom stereocenters. The lowest BCUT2D eigenvalue weighted by Gasteiger charge is -2.00.